The van der Waals surface area contributed by atoms with E-state index < -0.39 is 40.6 Å². The molecular formula is C20H21F3N2O5. The SMILES string of the molecule is CCCc1ccc(OCCNC(=O)COc2ccc(C(F)(F)F)cc2[N+](=O)[O-])cc1. The molecule has 0 aromatic heterocycles. The Morgan fingerprint density at radius 2 is 1.83 bits per heavy atom. The molecular weight excluding hydrogens is 405 g/mol. The van der Waals surface area contributed by atoms with Crippen LogP contribution in [-0.4, -0.2) is 30.6 Å². The molecule has 10 heteroatoms. The van der Waals surface area contributed by atoms with Crippen molar-refractivity contribution in [3.8, 4) is 11.5 Å². The Balaban J connectivity index is 1.79. The highest BCUT2D eigenvalue weighted by atomic mass is 19.4. The largest absolute Gasteiger partial charge is 0.492 e. The van der Waals surface area contributed by atoms with Crippen LogP contribution in [0.5, 0.6) is 11.5 Å². The van der Waals surface area contributed by atoms with E-state index in [0.717, 1.165) is 18.9 Å². The van der Waals surface area contributed by atoms with E-state index in [4.69, 9.17) is 9.47 Å². The first-order valence-electron chi connectivity index (χ1n) is 9.17. The summed E-state index contributed by atoms with van der Waals surface area (Å²) in [6.45, 7) is 1.86. The number of hydrogen-bond donors (Lipinski definition) is 1. The molecule has 0 aliphatic heterocycles. The van der Waals surface area contributed by atoms with Crippen LogP contribution in [0, 0.1) is 10.1 Å². The van der Waals surface area contributed by atoms with E-state index in [-0.39, 0.29) is 13.2 Å². The normalized spacial score (nSPS) is 11.1. The Hall–Kier alpha value is -3.30. The monoisotopic (exact) mass is 426 g/mol. The smallest absolute Gasteiger partial charge is 0.416 e. The van der Waals surface area contributed by atoms with Crippen LogP contribution in [0.1, 0.15) is 24.5 Å². The van der Waals surface area contributed by atoms with Gasteiger partial charge in [0.05, 0.1) is 17.0 Å². The van der Waals surface area contributed by atoms with Gasteiger partial charge >= 0.3 is 11.9 Å². The predicted octanol–water partition coefficient (Wildman–Crippen LogP) is 4.14. The van der Waals surface area contributed by atoms with Crippen LogP contribution < -0.4 is 14.8 Å². The highest BCUT2D eigenvalue weighted by Crippen LogP contribution is 2.35. The number of nitro groups is 1. The van der Waals surface area contributed by atoms with Crippen LogP contribution in [0.4, 0.5) is 18.9 Å². The van der Waals surface area contributed by atoms with E-state index in [9.17, 15) is 28.1 Å². The fourth-order valence-corrected chi connectivity index (χ4v) is 2.55. The maximum Gasteiger partial charge on any atom is 0.416 e. The lowest BCUT2D eigenvalue weighted by Gasteiger charge is -2.11. The van der Waals surface area contributed by atoms with Crippen molar-refractivity contribution < 1.29 is 32.4 Å². The van der Waals surface area contributed by atoms with Gasteiger partial charge < -0.3 is 14.8 Å². The van der Waals surface area contributed by atoms with Gasteiger partial charge in [-0.1, -0.05) is 25.5 Å². The first-order valence-corrected chi connectivity index (χ1v) is 9.17. The minimum absolute atomic E-state index is 0.161. The molecule has 1 amide bonds. The van der Waals surface area contributed by atoms with Gasteiger partial charge in [-0.25, -0.2) is 0 Å². The van der Waals surface area contributed by atoms with E-state index in [0.29, 0.717) is 17.9 Å². The van der Waals surface area contributed by atoms with Gasteiger partial charge in [-0.15, -0.1) is 0 Å². The van der Waals surface area contributed by atoms with Crippen molar-refractivity contribution in [2.45, 2.75) is 25.9 Å². The zero-order valence-corrected chi connectivity index (χ0v) is 16.2. The summed E-state index contributed by atoms with van der Waals surface area (Å²) in [6, 6.07) is 9.43. The molecule has 0 radical (unpaired) electrons. The summed E-state index contributed by atoms with van der Waals surface area (Å²) in [7, 11) is 0. The second-order valence-electron chi connectivity index (χ2n) is 6.32. The van der Waals surface area contributed by atoms with Crippen molar-refractivity contribution in [1.82, 2.24) is 5.32 Å². The fraction of sp³-hybridized carbons (Fsp3) is 0.350. The van der Waals surface area contributed by atoms with Gasteiger partial charge in [-0.2, -0.15) is 13.2 Å². The van der Waals surface area contributed by atoms with Crippen molar-refractivity contribution in [2.24, 2.45) is 0 Å². The lowest BCUT2D eigenvalue weighted by molar-refractivity contribution is -0.386. The quantitative estimate of drug-likeness (QED) is 0.350. The van der Waals surface area contributed by atoms with Gasteiger partial charge in [-0.05, 0) is 36.2 Å². The molecule has 1 N–H and O–H groups in total. The molecule has 0 saturated carbocycles. The standard InChI is InChI=1S/C20H21F3N2O5/c1-2-3-14-4-7-16(8-5-14)29-11-10-24-19(26)13-30-18-9-6-15(20(21,22)23)12-17(18)25(27)28/h4-9,12H,2-3,10-11,13H2,1H3,(H,24,26). The van der Waals surface area contributed by atoms with Crippen LogP contribution >= 0.6 is 0 Å². The maximum atomic E-state index is 12.7. The van der Waals surface area contributed by atoms with E-state index >= 15 is 0 Å². The molecule has 0 fully saturated rings. The number of carbonyl (C=O) groups is 1. The lowest BCUT2D eigenvalue weighted by Crippen LogP contribution is -2.32. The number of carbonyl (C=O) groups excluding carboxylic acids is 1. The van der Waals surface area contributed by atoms with E-state index in [1.54, 1.807) is 0 Å². The minimum atomic E-state index is -4.73. The zero-order chi connectivity index (χ0) is 22.1. The number of alkyl halides is 3. The number of nitrogens with zero attached hydrogens (tertiary/aromatic N) is 1. The average molecular weight is 426 g/mol. The molecule has 0 heterocycles. The van der Waals surface area contributed by atoms with Crippen molar-refractivity contribution >= 4 is 11.6 Å². The Morgan fingerprint density at radius 1 is 1.13 bits per heavy atom. The number of nitrogens with one attached hydrogen (secondary N) is 1. The van der Waals surface area contributed by atoms with Gasteiger partial charge in [-0.3, -0.25) is 14.9 Å². The molecule has 0 aliphatic carbocycles. The van der Waals surface area contributed by atoms with E-state index in [1.807, 2.05) is 24.3 Å². The Bertz CT molecular complexity index is 870. The molecule has 2 aromatic rings. The van der Waals surface area contributed by atoms with Gasteiger partial charge in [0.25, 0.3) is 5.91 Å². The molecule has 0 aliphatic rings. The van der Waals surface area contributed by atoms with Crippen molar-refractivity contribution in [1.29, 1.82) is 0 Å². The first-order chi connectivity index (χ1) is 14.2. The number of nitro benzene ring substituents is 1. The van der Waals surface area contributed by atoms with Crippen molar-refractivity contribution in [3.63, 3.8) is 0 Å². The number of ether oxygens (including phenoxy) is 2. The second kappa shape index (κ2) is 10.5. The van der Waals surface area contributed by atoms with Crippen LogP contribution in [0.25, 0.3) is 0 Å². The van der Waals surface area contributed by atoms with E-state index in [2.05, 4.69) is 12.2 Å². The summed E-state index contributed by atoms with van der Waals surface area (Å²) >= 11 is 0. The third kappa shape index (κ3) is 6.94. The molecule has 0 spiro atoms. The van der Waals surface area contributed by atoms with Crippen LogP contribution in [0.2, 0.25) is 0 Å². The number of benzene rings is 2. The summed E-state index contributed by atoms with van der Waals surface area (Å²) in [5, 5.41) is 13.5. The molecule has 0 unspecified atom stereocenters. The van der Waals surface area contributed by atoms with Crippen molar-refractivity contribution in [3.05, 3.63) is 63.7 Å². The summed E-state index contributed by atoms with van der Waals surface area (Å²) in [6.07, 6.45) is -2.70. The Labute approximate surface area is 170 Å². The summed E-state index contributed by atoms with van der Waals surface area (Å²) in [5.74, 6) is -0.363. The average Bonchev–Trinajstić information content (AvgIpc) is 2.70. The molecule has 0 bridgehead atoms. The predicted molar refractivity (Wildman–Crippen MR) is 103 cm³/mol. The van der Waals surface area contributed by atoms with Crippen LogP contribution in [0.3, 0.4) is 0 Å². The molecule has 2 aromatic carbocycles. The lowest BCUT2D eigenvalue weighted by atomic mass is 10.1. The zero-order valence-electron chi connectivity index (χ0n) is 16.2. The second-order valence-corrected chi connectivity index (χ2v) is 6.32. The molecule has 0 atom stereocenters. The highest BCUT2D eigenvalue weighted by molar-refractivity contribution is 5.77. The molecule has 162 valence electrons. The van der Waals surface area contributed by atoms with Gasteiger partial charge in [0.1, 0.15) is 12.4 Å². The van der Waals surface area contributed by atoms with Gasteiger partial charge in [0, 0.05) is 6.07 Å². The molecule has 30 heavy (non-hydrogen) atoms. The van der Waals surface area contributed by atoms with Crippen molar-refractivity contribution in [2.75, 3.05) is 19.8 Å². The molecule has 7 nitrogen and oxygen atoms in total. The van der Waals surface area contributed by atoms with Crippen LogP contribution in [0.15, 0.2) is 42.5 Å². The van der Waals surface area contributed by atoms with Crippen LogP contribution in [-0.2, 0) is 17.4 Å². The third-order valence-corrected chi connectivity index (χ3v) is 4.00. The third-order valence-electron chi connectivity index (χ3n) is 4.00. The molecule has 0 saturated heterocycles. The Kier molecular flexibility index (Phi) is 8.02. The number of hydrogen-bond acceptors (Lipinski definition) is 5. The summed E-state index contributed by atoms with van der Waals surface area (Å²) in [5.41, 5.74) is -0.842. The topological polar surface area (TPSA) is 90.7 Å². The van der Waals surface area contributed by atoms with E-state index in [1.165, 1.54) is 5.56 Å². The minimum Gasteiger partial charge on any atom is -0.492 e. The number of rotatable bonds is 10. The number of aryl methyl sites for hydroxylation is 1. The number of amides is 1. The molecule has 2 rings (SSSR count). The van der Waals surface area contributed by atoms with Gasteiger partial charge in [0.15, 0.2) is 12.4 Å². The Morgan fingerprint density at radius 3 is 2.43 bits per heavy atom. The van der Waals surface area contributed by atoms with Gasteiger partial charge in [0.2, 0.25) is 0 Å². The number of halogens is 3. The maximum absolute atomic E-state index is 12.7. The summed E-state index contributed by atoms with van der Waals surface area (Å²) in [4.78, 5) is 21.8. The fourth-order valence-electron chi connectivity index (χ4n) is 2.55. The highest BCUT2D eigenvalue weighted by Gasteiger charge is 2.33. The summed E-state index contributed by atoms with van der Waals surface area (Å²) < 4.78 is 48.6. The first kappa shape index (κ1) is 23.0.